The van der Waals surface area contributed by atoms with Gasteiger partial charge in [0, 0.05) is 19.8 Å². The number of benzene rings is 1. The fourth-order valence-corrected chi connectivity index (χ4v) is 2.18. The molecule has 0 spiro atoms. The van der Waals surface area contributed by atoms with Gasteiger partial charge in [0.1, 0.15) is 5.69 Å². The van der Waals surface area contributed by atoms with Crippen molar-refractivity contribution in [1.29, 1.82) is 0 Å². The third-order valence-corrected chi connectivity index (χ3v) is 3.60. The Morgan fingerprint density at radius 3 is 2.26 bits per heavy atom. The maximum Gasteiger partial charge on any atom is 0.339 e. The second-order valence-electron chi connectivity index (χ2n) is 5.25. The van der Waals surface area contributed by atoms with Gasteiger partial charge in [0.15, 0.2) is 0 Å². The number of ether oxygens (including phenoxy) is 1. The minimum atomic E-state index is -0.471. The first-order valence-electron chi connectivity index (χ1n) is 7.42. The van der Waals surface area contributed by atoms with E-state index < -0.39 is 5.97 Å². The lowest BCUT2D eigenvalue weighted by Gasteiger charge is -2.17. The van der Waals surface area contributed by atoms with E-state index in [1.165, 1.54) is 31.0 Å². The molecule has 0 unspecified atom stereocenters. The van der Waals surface area contributed by atoms with Crippen LogP contribution in [0.4, 0.5) is 0 Å². The average Bonchev–Trinajstić information content (AvgIpc) is 2.61. The molecule has 1 aromatic heterocycles. The lowest BCUT2D eigenvalue weighted by molar-refractivity contribution is 0.0599. The predicted octanol–water partition coefficient (Wildman–Crippen LogP) is 2.70. The van der Waals surface area contributed by atoms with Crippen LogP contribution in [0.15, 0.2) is 42.6 Å². The summed E-state index contributed by atoms with van der Waals surface area (Å²) in [6.07, 6.45) is 2.34. The van der Waals surface area contributed by atoms with Gasteiger partial charge >= 0.3 is 5.97 Å². The highest BCUT2D eigenvalue weighted by atomic mass is 16.5. The topological polar surface area (TPSA) is 59.5 Å². The molecule has 0 radical (unpaired) electrons. The zero-order valence-electron chi connectivity index (χ0n) is 13.6. The zero-order valence-corrected chi connectivity index (χ0v) is 13.6. The van der Waals surface area contributed by atoms with E-state index in [0.29, 0.717) is 17.8 Å². The van der Waals surface area contributed by atoms with E-state index in [4.69, 9.17) is 0 Å². The largest absolute Gasteiger partial charge is 0.465 e. The molecule has 23 heavy (non-hydrogen) atoms. The molecule has 0 aliphatic heterocycles. The fourth-order valence-electron chi connectivity index (χ4n) is 2.18. The normalized spacial score (nSPS) is 10.2. The van der Waals surface area contributed by atoms with Crippen molar-refractivity contribution in [3.8, 4) is 0 Å². The fraction of sp³-hybridized carbons (Fsp3) is 0.278. The smallest absolute Gasteiger partial charge is 0.339 e. The summed E-state index contributed by atoms with van der Waals surface area (Å²) in [4.78, 5) is 29.4. The highest BCUT2D eigenvalue weighted by Gasteiger charge is 2.14. The van der Waals surface area contributed by atoms with Crippen LogP contribution in [-0.2, 0) is 17.7 Å². The van der Waals surface area contributed by atoms with Gasteiger partial charge in [-0.3, -0.25) is 9.78 Å². The molecule has 0 atom stereocenters. The van der Waals surface area contributed by atoms with Crippen molar-refractivity contribution < 1.29 is 14.3 Å². The van der Waals surface area contributed by atoms with Gasteiger partial charge < -0.3 is 9.64 Å². The molecule has 1 heterocycles. The van der Waals surface area contributed by atoms with Gasteiger partial charge in [-0.15, -0.1) is 0 Å². The summed E-state index contributed by atoms with van der Waals surface area (Å²) in [5, 5.41) is 0. The van der Waals surface area contributed by atoms with E-state index >= 15 is 0 Å². The average molecular weight is 312 g/mol. The predicted molar refractivity (Wildman–Crippen MR) is 87.2 cm³/mol. The molecule has 0 saturated carbocycles. The molecule has 5 nitrogen and oxygen atoms in total. The summed E-state index contributed by atoms with van der Waals surface area (Å²) < 4.78 is 4.61. The molecule has 5 heteroatoms. The number of pyridine rings is 1. The second-order valence-corrected chi connectivity index (χ2v) is 5.25. The van der Waals surface area contributed by atoms with Crippen LogP contribution < -0.4 is 0 Å². The first-order chi connectivity index (χ1) is 11.0. The Hall–Kier alpha value is -2.69. The van der Waals surface area contributed by atoms with Gasteiger partial charge in [-0.05, 0) is 29.7 Å². The summed E-state index contributed by atoms with van der Waals surface area (Å²) in [6.45, 7) is 2.61. The van der Waals surface area contributed by atoms with Crippen LogP contribution in [0.3, 0.4) is 0 Å². The van der Waals surface area contributed by atoms with E-state index in [1.807, 2.05) is 12.1 Å². The molecule has 0 aliphatic carbocycles. The van der Waals surface area contributed by atoms with Gasteiger partial charge in [0.05, 0.1) is 12.7 Å². The number of rotatable bonds is 5. The minimum absolute atomic E-state index is 0.194. The van der Waals surface area contributed by atoms with Crippen molar-refractivity contribution in [2.24, 2.45) is 0 Å². The van der Waals surface area contributed by atoms with Gasteiger partial charge in [-0.1, -0.05) is 31.2 Å². The Morgan fingerprint density at radius 2 is 1.74 bits per heavy atom. The number of carbonyl (C=O) groups is 2. The Labute approximate surface area is 135 Å². The SMILES string of the molecule is CCc1ccc(CN(C)C(=O)c2ccc(C(=O)OC)cn2)cc1. The summed E-state index contributed by atoms with van der Waals surface area (Å²) in [6, 6.07) is 11.3. The Bertz CT molecular complexity index is 678. The molecule has 0 aliphatic rings. The van der Waals surface area contributed by atoms with Crippen LogP contribution in [-0.4, -0.2) is 35.9 Å². The van der Waals surface area contributed by atoms with Crippen LogP contribution in [0.1, 0.15) is 38.9 Å². The van der Waals surface area contributed by atoms with Crippen LogP contribution >= 0.6 is 0 Å². The third-order valence-electron chi connectivity index (χ3n) is 3.60. The van der Waals surface area contributed by atoms with Crippen LogP contribution in [0.25, 0.3) is 0 Å². The lowest BCUT2D eigenvalue weighted by Crippen LogP contribution is -2.27. The highest BCUT2D eigenvalue weighted by molar-refractivity contribution is 5.94. The molecule has 2 aromatic rings. The Balaban J connectivity index is 2.05. The third kappa shape index (κ3) is 4.16. The van der Waals surface area contributed by atoms with E-state index in [9.17, 15) is 9.59 Å². The van der Waals surface area contributed by atoms with Crippen molar-refractivity contribution in [2.45, 2.75) is 19.9 Å². The number of hydrogen-bond donors (Lipinski definition) is 0. The van der Waals surface area contributed by atoms with Crippen molar-refractivity contribution >= 4 is 11.9 Å². The number of carbonyl (C=O) groups excluding carboxylic acids is 2. The van der Waals surface area contributed by atoms with Crippen molar-refractivity contribution in [2.75, 3.05) is 14.2 Å². The van der Waals surface area contributed by atoms with Gasteiger partial charge in [0.2, 0.25) is 0 Å². The summed E-state index contributed by atoms with van der Waals surface area (Å²) in [5.74, 6) is -0.665. The second kappa shape index (κ2) is 7.54. The monoisotopic (exact) mass is 312 g/mol. The molecule has 1 aromatic carbocycles. The van der Waals surface area contributed by atoms with Crippen LogP contribution in [0.5, 0.6) is 0 Å². The summed E-state index contributed by atoms with van der Waals surface area (Å²) in [7, 11) is 3.03. The maximum atomic E-state index is 12.4. The van der Waals surface area contributed by atoms with Crippen LogP contribution in [0.2, 0.25) is 0 Å². The van der Waals surface area contributed by atoms with Crippen molar-refractivity contribution in [1.82, 2.24) is 9.88 Å². The van der Waals surface area contributed by atoms with E-state index in [-0.39, 0.29) is 5.91 Å². The van der Waals surface area contributed by atoms with Gasteiger partial charge in [0.25, 0.3) is 5.91 Å². The number of aryl methyl sites for hydroxylation is 1. The van der Waals surface area contributed by atoms with E-state index in [0.717, 1.165) is 12.0 Å². The Kier molecular flexibility index (Phi) is 5.46. The van der Waals surface area contributed by atoms with Gasteiger partial charge in [-0.25, -0.2) is 4.79 Å². The van der Waals surface area contributed by atoms with Crippen molar-refractivity contribution in [3.05, 3.63) is 65.0 Å². The number of amides is 1. The summed E-state index contributed by atoms with van der Waals surface area (Å²) >= 11 is 0. The molecular formula is C18H20N2O3. The van der Waals surface area contributed by atoms with Crippen molar-refractivity contribution in [3.63, 3.8) is 0 Å². The minimum Gasteiger partial charge on any atom is -0.465 e. The van der Waals surface area contributed by atoms with Crippen LogP contribution in [0, 0.1) is 0 Å². The lowest BCUT2D eigenvalue weighted by atomic mass is 10.1. The molecule has 0 fully saturated rings. The number of nitrogens with zero attached hydrogens (tertiary/aromatic N) is 2. The molecular weight excluding hydrogens is 292 g/mol. The molecule has 1 amide bonds. The van der Waals surface area contributed by atoms with E-state index in [1.54, 1.807) is 11.9 Å². The van der Waals surface area contributed by atoms with E-state index in [2.05, 4.69) is 28.8 Å². The van der Waals surface area contributed by atoms with Gasteiger partial charge in [-0.2, -0.15) is 0 Å². The first-order valence-corrected chi connectivity index (χ1v) is 7.42. The number of hydrogen-bond acceptors (Lipinski definition) is 4. The molecule has 0 bridgehead atoms. The molecule has 2 rings (SSSR count). The quantitative estimate of drug-likeness (QED) is 0.797. The summed E-state index contributed by atoms with van der Waals surface area (Å²) in [5.41, 5.74) is 2.94. The Morgan fingerprint density at radius 1 is 1.09 bits per heavy atom. The number of methoxy groups -OCH3 is 1. The zero-order chi connectivity index (χ0) is 16.8. The maximum absolute atomic E-state index is 12.4. The molecule has 0 N–H and O–H groups in total. The standard InChI is InChI=1S/C18H20N2O3/c1-4-13-5-7-14(8-6-13)12-20(2)17(21)16-10-9-15(11-19-16)18(22)23-3/h5-11H,4,12H2,1-3H3. The highest BCUT2D eigenvalue weighted by Crippen LogP contribution is 2.10. The number of esters is 1. The first kappa shape index (κ1) is 16.7. The molecule has 120 valence electrons. The molecule has 0 saturated heterocycles. The number of aromatic nitrogens is 1.